The Morgan fingerprint density at radius 2 is 1.92 bits per heavy atom. The zero-order valence-corrected chi connectivity index (χ0v) is 9.13. The van der Waals surface area contributed by atoms with E-state index in [9.17, 15) is 0 Å². The number of hydrogen-bond acceptors (Lipinski definition) is 2. The first-order valence-corrected chi connectivity index (χ1v) is 4.83. The summed E-state index contributed by atoms with van der Waals surface area (Å²) in [6, 6.07) is 0.871. The van der Waals surface area contributed by atoms with E-state index in [2.05, 4.69) is 51.2 Å². The molecule has 0 aliphatic rings. The van der Waals surface area contributed by atoms with Gasteiger partial charge in [-0.1, -0.05) is 0 Å². The molecule has 3 nitrogen and oxygen atoms in total. The largest absolute Gasteiger partial charge is 0.366 e. The van der Waals surface area contributed by atoms with Crippen molar-refractivity contribution in [1.82, 2.24) is 9.78 Å². The molecule has 0 bridgehead atoms. The van der Waals surface area contributed by atoms with Gasteiger partial charge in [-0.25, -0.2) is 0 Å². The summed E-state index contributed by atoms with van der Waals surface area (Å²) in [5.41, 5.74) is 1.21. The van der Waals surface area contributed by atoms with E-state index in [1.165, 1.54) is 5.56 Å². The number of anilines is 1. The van der Waals surface area contributed by atoms with E-state index in [-0.39, 0.29) is 0 Å². The molecule has 0 aliphatic heterocycles. The van der Waals surface area contributed by atoms with Crippen LogP contribution in [0.2, 0.25) is 0 Å². The summed E-state index contributed by atoms with van der Waals surface area (Å²) in [4.78, 5) is 0. The third kappa shape index (κ3) is 2.47. The van der Waals surface area contributed by atoms with Gasteiger partial charge in [-0.05, 0) is 34.6 Å². The van der Waals surface area contributed by atoms with Gasteiger partial charge in [-0.15, -0.1) is 0 Å². The predicted octanol–water partition coefficient (Wildman–Crippen LogP) is 2.59. The lowest BCUT2D eigenvalue weighted by Crippen LogP contribution is -2.11. The van der Waals surface area contributed by atoms with Crippen molar-refractivity contribution in [3.63, 3.8) is 0 Å². The van der Waals surface area contributed by atoms with Crippen molar-refractivity contribution in [2.24, 2.45) is 0 Å². The van der Waals surface area contributed by atoms with Crippen LogP contribution in [0.3, 0.4) is 0 Å². The van der Waals surface area contributed by atoms with Gasteiger partial charge in [-0.3, -0.25) is 4.68 Å². The van der Waals surface area contributed by atoms with Gasteiger partial charge in [0, 0.05) is 23.8 Å². The molecule has 1 heterocycles. The van der Waals surface area contributed by atoms with Crippen molar-refractivity contribution in [1.29, 1.82) is 0 Å². The second-order valence-electron chi connectivity index (χ2n) is 4.03. The molecule has 1 aromatic rings. The van der Waals surface area contributed by atoms with Crippen LogP contribution >= 0.6 is 0 Å². The highest BCUT2D eigenvalue weighted by molar-refractivity contribution is 5.42. The average Bonchev–Trinajstić information content (AvgIpc) is 2.31. The van der Waals surface area contributed by atoms with Gasteiger partial charge in [-0.2, -0.15) is 5.10 Å². The van der Waals surface area contributed by atoms with Gasteiger partial charge >= 0.3 is 0 Å². The van der Waals surface area contributed by atoms with Gasteiger partial charge in [0.05, 0.1) is 0 Å². The van der Waals surface area contributed by atoms with E-state index in [1.54, 1.807) is 0 Å². The fourth-order valence-corrected chi connectivity index (χ4v) is 1.16. The first-order valence-electron chi connectivity index (χ1n) is 4.83. The first kappa shape index (κ1) is 10.1. The van der Waals surface area contributed by atoms with Crippen molar-refractivity contribution in [2.45, 2.75) is 46.7 Å². The van der Waals surface area contributed by atoms with Gasteiger partial charge in [0.15, 0.2) is 5.82 Å². The first-order chi connectivity index (χ1) is 6.00. The third-order valence-corrected chi connectivity index (χ3v) is 1.87. The Labute approximate surface area is 80.1 Å². The van der Waals surface area contributed by atoms with Crippen LogP contribution in [0.15, 0.2) is 6.20 Å². The van der Waals surface area contributed by atoms with Crippen molar-refractivity contribution in [2.75, 3.05) is 5.32 Å². The SMILES string of the molecule is Cc1cn(C(C)C)nc1NC(C)C. The summed E-state index contributed by atoms with van der Waals surface area (Å²) in [6.07, 6.45) is 2.08. The molecule has 0 fully saturated rings. The summed E-state index contributed by atoms with van der Waals surface area (Å²) in [6.45, 7) is 10.6. The highest BCUT2D eigenvalue weighted by Crippen LogP contribution is 2.15. The second kappa shape index (κ2) is 3.81. The molecule has 0 spiro atoms. The number of hydrogen-bond donors (Lipinski definition) is 1. The Hall–Kier alpha value is -0.990. The van der Waals surface area contributed by atoms with Crippen LogP contribution < -0.4 is 5.32 Å². The normalized spacial score (nSPS) is 11.3. The molecule has 0 saturated carbocycles. The Kier molecular flexibility index (Phi) is 2.96. The Balaban J connectivity index is 2.83. The fourth-order valence-electron chi connectivity index (χ4n) is 1.16. The number of nitrogens with zero attached hydrogens (tertiary/aromatic N) is 2. The van der Waals surface area contributed by atoms with E-state index in [0.29, 0.717) is 12.1 Å². The lowest BCUT2D eigenvalue weighted by Gasteiger charge is -2.07. The molecule has 0 aliphatic carbocycles. The molecule has 0 saturated heterocycles. The van der Waals surface area contributed by atoms with Crippen molar-refractivity contribution < 1.29 is 0 Å². The van der Waals surface area contributed by atoms with Crippen molar-refractivity contribution >= 4 is 5.82 Å². The monoisotopic (exact) mass is 181 g/mol. The van der Waals surface area contributed by atoms with E-state index in [1.807, 2.05) is 4.68 Å². The summed E-state index contributed by atoms with van der Waals surface area (Å²) >= 11 is 0. The van der Waals surface area contributed by atoms with Crippen LogP contribution in [-0.2, 0) is 0 Å². The Bertz CT molecular complexity index is 274. The number of aryl methyl sites for hydroxylation is 1. The number of aromatic nitrogens is 2. The Morgan fingerprint density at radius 3 is 2.31 bits per heavy atom. The summed E-state index contributed by atoms with van der Waals surface area (Å²) in [5.74, 6) is 1.00. The average molecular weight is 181 g/mol. The topological polar surface area (TPSA) is 29.9 Å². The predicted molar refractivity (Wildman–Crippen MR) is 56.1 cm³/mol. The smallest absolute Gasteiger partial charge is 0.151 e. The summed E-state index contributed by atoms with van der Waals surface area (Å²) < 4.78 is 1.99. The highest BCUT2D eigenvalue weighted by Gasteiger charge is 2.07. The maximum absolute atomic E-state index is 4.46. The number of nitrogens with one attached hydrogen (secondary N) is 1. The molecule has 0 radical (unpaired) electrons. The minimum absolute atomic E-state index is 0.432. The van der Waals surface area contributed by atoms with Crippen LogP contribution in [0, 0.1) is 6.92 Å². The molecule has 0 aromatic carbocycles. The maximum Gasteiger partial charge on any atom is 0.151 e. The molecular weight excluding hydrogens is 162 g/mol. The maximum atomic E-state index is 4.46. The molecular formula is C10H19N3. The molecule has 0 unspecified atom stereocenters. The number of rotatable bonds is 3. The van der Waals surface area contributed by atoms with Gasteiger partial charge in [0.1, 0.15) is 0 Å². The quantitative estimate of drug-likeness (QED) is 0.776. The standard InChI is InChI=1S/C10H19N3/c1-7(2)11-10-9(5)6-13(12-10)8(3)4/h6-8H,1-5H3,(H,11,12). The van der Waals surface area contributed by atoms with E-state index in [0.717, 1.165) is 5.82 Å². The van der Waals surface area contributed by atoms with Crippen LogP contribution in [0.25, 0.3) is 0 Å². The molecule has 1 aromatic heterocycles. The van der Waals surface area contributed by atoms with E-state index < -0.39 is 0 Å². The lowest BCUT2D eigenvalue weighted by atomic mass is 10.3. The van der Waals surface area contributed by atoms with E-state index >= 15 is 0 Å². The molecule has 1 N–H and O–H groups in total. The van der Waals surface area contributed by atoms with Gasteiger partial charge < -0.3 is 5.32 Å². The third-order valence-electron chi connectivity index (χ3n) is 1.87. The van der Waals surface area contributed by atoms with Crippen LogP contribution in [-0.4, -0.2) is 15.8 Å². The molecule has 3 heteroatoms. The van der Waals surface area contributed by atoms with Crippen molar-refractivity contribution in [3.8, 4) is 0 Å². The zero-order valence-electron chi connectivity index (χ0n) is 9.13. The molecule has 0 amide bonds. The van der Waals surface area contributed by atoms with Crippen LogP contribution in [0.4, 0.5) is 5.82 Å². The molecule has 1 rings (SSSR count). The summed E-state index contributed by atoms with van der Waals surface area (Å²) in [5, 5.41) is 7.77. The van der Waals surface area contributed by atoms with Gasteiger partial charge in [0.2, 0.25) is 0 Å². The Morgan fingerprint density at radius 1 is 1.31 bits per heavy atom. The molecule has 0 atom stereocenters. The summed E-state index contributed by atoms with van der Waals surface area (Å²) in [7, 11) is 0. The minimum atomic E-state index is 0.432. The minimum Gasteiger partial charge on any atom is -0.366 e. The van der Waals surface area contributed by atoms with Gasteiger partial charge in [0.25, 0.3) is 0 Å². The van der Waals surface area contributed by atoms with Crippen LogP contribution in [0.5, 0.6) is 0 Å². The van der Waals surface area contributed by atoms with E-state index in [4.69, 9.17) is 0 Å². The molecule has 13 heavy (non-hydrogen) atoms. The zero-order chi connectivity index (χ0) is 10.0. The highest BCUT2D eigenvalue weighted by atomic mass is 15.3. The second-order valence-corrected chi connectivity index (χ2v) is 4.03. The lowest BCUT2D eigenvalue weighted by molar-refractivity contribution is 0.533. The van der Waals surface area contributed by atoms with Crippen LogP contribution in [0.1, 0.15) is 39.3 Å². The fraction of sp³-hybridized carbons (Fsp3) is 0.700. The van der Waals surface area contributed by atoms with Crippen molar-refractivity contribution in [3.05, 3.63) is 11.8 Å². The molecule has 74 valence electrons.